The van der Waals surface area contributed by atoms with Gasteiger partial charge in [0, 0.05) is 37.9 Å². The molecule has 3 atom stereocenters. The molecule has 3 aromatic carbocycles. The van der Waals surface area contributed by atoms with Gasteiger partial charge in [-0.3, -0.25) is 9.59 Å². The standard InChI is InChI=1S/C37H46N2O6/c40-26-27-15-17-29(18-16-27)34-23-33(25-39-19-4-2-1-3-5-20-39)44-37(45-34)32-12-7-11-31(22-32)30-10-6-9-28(21-30)24-38-35(41)13-8-14-36(42)43/h6-7,9-12,15-18,21-22,33-34,37,40H,1-5,8,13-14,19-20,23-26H2,(H,38,41)(H,42,43)/t33-,34+,37+/m1/s1. The molecule has 45 heavy (non-hydrogen) atoms. The monoisotopic (exact) mass is 614 g/mol. The summed E-state index contributed by atoms with van der Waals surface area (Å²) in [6, 6.07) is 24.4. The molecule has 2 fully saturated rings. The van der Waals surface area contributed by atoms with Gasteiger partial charge in [0.05, 0.1) is 18.8 Å². The first kappa shape index (κ1) is 32.8. The van der Waals surface area contributed by atoms with E-state index in [-0.39, 0.29) is 37.6 Å². The minimum atomic E-state index is -0.891. The van der Waals surface area contributed by atoms with Crippen LogP contribution in [0, 0.1) is 0 Å². The molecular weight excluding hydrogens is 568 g/mol. The average Bonchev–Trinajstić information content (AvgIpc) is 3.05. The molecule has 2 aliphatic heterocycles. The quantitative estimate of drug-likeness (QED) is 0.213. The van der Waals surface area contributed by atoms with Crippen molar-refractivity contribution < 1.29 is 29.3 Å². The lowest BCUT2D eigenvalue weighted by Crippen LogP contribution is -2.40. The Bertz CT molecular complexity index is 1390. The van der Waals surface area contributed by atoms with E-state index < -0.39 is 12.3 Å². The number of carboxylic acids is 1. The maximum atomic E-state index is 12.2. The number of aliphatic carboxylic acids is 1. The van der Waals surface area contributed by atoms with Gasteiger partial charge < -0.3 is 29.9 Å². The highest BCUT2D eigenvalue weighted by Crippen LogP contribution is 2.39. The number of amides is 1. The van der Waals surface area contributed by atoms with Gasteiger partial charge in [0.25, 0.3) is 0 Å². The third-order valence-electron chi connectivity index (χ3n) is 8.73. The van der Waals surface area contributed by atoms with Crippen LogP contribution in [0.3, 0.4) is 0 Å². The number of benzene rings is 3. The van der Waals surface area contributed by atoms with E-state index in [1.54, 1.807) is 0 Å². The summed E-state index contributed by atoms with van der Waals surface area (Å²) in [6.07, 6.45) is 7.04. The van der Waals surface area contributed by atoms with Crippen LogP contribution in [0.2, 0.25) is 0 Å². The molecule has 2 aliphatic rings. The lowest BCUT2D eigenvalue weighted by molar-refractivity contribution is -0.253. The third-order valence-corrected chi connectivity index (χ3v) is 8.73. The fourth-order valence-electron chi connectivity index (χ4n) is 6.23. The summed E-state index contributed by atoms with van der Waals surface area (Å²) in [7, 11) is 0. The maximum Gasteiger partial charge on any atom is 0.303 e. The summed E-state index contributed by atoms with van der Waals surface area (Å²) in [5.41, 5.74) is 5.95. The van der Waals surface area contributed by atoms with Gasteiger partial charge in [-0.15, -0.1) is 0 Å². The zero-order valence-corrected chi connectivity index (χ0v) is 26.0. The van der Waals surface area contributed by atoms with Crippen LogP contribution in [-0.2, 0) is 32.2 Å². The Morgan fingerprint density at radius 2 is 1.51 bits per heavy atom. The largest absolute Gasteiger partial charge is 0.481 e. The molecule has 0 bridgehead atoms. The second-order valence-corrected chi connectivity index (χ2v) is 12.3. The third kappa shape index (κ3) is 9.96. The molecule has 2 heterocycles. The Hall–Kier alpha value is -3.56. The number of nitrogens with zero attached hydrogens (tertiary/aromatic N) is 1. The molecule has 2 saturated heterocycles. The molecule has 240 valence electrons. The highest BCUT2D eigenvalue weighted by molar-refractivity contribution is 5.76. The molecule has 0 aromatic heterocycles. The van der Waals surface area contributed by atoms with E-state index >= 15 is 0 Å². The first-order valence-corrected chi connectivity index (χ1v) is 16.4. The second-order valence-electron chi connectivity index (χ2n) is 12.3. The normalized spacial score (nSPS) is 21.0. The Morgan fingerprint density at radius 1 is 0.800 bits per heavy atom. The molecular formula is C37H46N2O6. The van der Waals surface area contributed by atoms with Crippen molar-refractivity contribution in [2.45, 2.75) is 89.4 Å². The van der Waals surface area contributed by atoms with Crippen LogP contribution in [-0.4, -0.2) is 52.7 Å². The number of carbonyl (C=O) groups is 2. The van der Waals surface area contributed by atoms with Crippen molar-refractivity contribution >= 4 is 11.9 Å². The number of likely N-dealkylation sites (tertiary alicyclic amines) is 1. The van der Waals surface area contributed by atoms with Crippen LogP contribution in [0.15, 0.2) is 72.8 Å². The van der Waals surface area contributed by atoms with Crippen molar-refractivity contribution in [3.05, 3.63) is 95.1 Å². The number of ether oxygens (including phenoxy) is 2. The number of carboxylic acid groups (broad SMARTS) is 1. The summed E-state index contributed by atoms with van der Waals surface area (Å²) in [6.45, 7) is 3.49. The molecule has 0 radical (unpaired) electrons. The summed E-state index contributed by atoms with van der Waals surface area (Å²) in [4.78, 5) is 25.5. The van der Waals surface area contributed by atoms with Crippen LogP contribution in [0.5, 0.6) is 0 Å². The number of nitrogens with one attached hydrogen (secondary N) is 1. The Morgan fingerprint density at radius 3 is 2.24 bits per heavy atom. The van der Waals surface area contributed by atoms with Crippen molar-refractivity contribution in [1.82, 2.24) is 10.2 Å². The highest BCUT2D eigenvalue weighted by Gasteiger charge is 2.33. The number of aliphatic hydroxyl groups is 1. The molecule has 8 heteroatoms. The Labute approximate surface area is 266 Å². The maximum absolute atomic E-state index is 12.2. The van der Waals surface area contributed by atoms with Gasteiger partial charge in [-0.25, -0.2) is 0 Å². The minimum absolute atomic E-state index is 0.0105. The number of aliphatic hydroxyl groups excluding tert-OH is 1. The Kier molecular flexibility index (Phi) is 12.2. The predicted octanol–water partition coefficient (Wildman–Crippen LogP) is 6.53. The first-order valence-electron chi connectivity index (χ1n) is 16.4. The Balaban J connectivity index is 1.30. The van der Waals surface area contributed by atoms with E-state index in [9.17, 15) is 14.7 Å². The van der Waals surface area contributed by atoms with Gasteiger partial charge in [-0.1, -0.05) is 79.9 Å². The van der Waals surface area contributed by atoms with Crippen molar-refractivity contribution in [3.63, 3.8) is 0 Å². The molecule has 3 aromatic rings. The fourth-order valence-corrected chi connectivity index (χ4v) is 6.23. The van der Waals surface area contributed by atoms with E-state index in [0.29, 0.717) is 13.0 Å². The van der Waals surface area contributed by atoms with Crippen molar-refractivity contribution in [2.24, 2.45) is 0 Å². The topological polar surface area (TPSA) is 108 Å². The van der Waals surface area contributed by atoms with Crippen LogP contribution >= 0.6 is 0 Å². The molecule has 5 rings (SSSR count). The smallest absolute Gasteiger partial charge is 0.303 e. The predicted molar refractivity (Wildman–Crippen MR) is 173 cm³/mol. The van der Waals surface area contributed by atoms with Gasteiger partial charge in [-0.05, 0) is 72.3 Å². The summed E-state index contributed by atoms with van der Waals surface area (Å²) < 4.78 is 13.3. The van der Waals surface area contributed by atoms with Gasteiger partial charge in [0.1, 0.15) is 0 Å². The number of rotatable bonds is 12. The van der Waals surface area contributed by atoms with Crippen LogP contribution in [0.1, 0.15) is 92.4 Å². The van der Waals surface area contributed by atoms with Crippen LogP contribution in [0.4, 0.5) is 0 Å². The number of hydrogen-bond donors (Lipinski definition) is 3. The van der Waals surface area contributed by atoms with Gasteiger partial charge in [0.2, 0.25) is 5.91 Å². The number of carbonyl (C=O) groups excluding carboxylic acids is 1. The van der Waals surface area contributed by atoms with E-state index in [2.05, 4.69) is 52.7 Å². The second kappa shape index (κ2) is 16.7. The van der Waals surface area contributed by atoms with Gasteiger partial charge in [0.15, 0.2) is 6.29 Å². The molecule has 8 nitrogen and oxygen atoms in total. The van der Waals surface area contributed by atoms with Crippen molar-refractivity contribution in [3.8, 4) is 11.1 Å². The SMILES string of the molecule is O=C(O)CCCC(=O)NCc1cccc(-c2cccc([C@H]3O[C@@H](CN4CCCCCCC4)C[C@@H](c4ccc(CO)cc4)O3)c2)c1. The molecule has 0 spiro atoms. The summed E-state index contributed by atoms with van der Waals surface area (Å²) in [5, 5.41) is 21.2. The van der Waals surface area contributed by atoms with E-state index in [4.69, 9.17) is 14.6 Å². The van der Waals surface area contributed by atoms with Crippen LogP contribution < -0.4 is 5.32 Å². The first-order chi connectivity index (χ1) is 22.0. The van der Waals surface area contributed by atoms with Gasteiger partial charge in [-0.2, -0.15) is 0 Å². The van der Waals surface area contributed by atoms with E-state index in [1.165, 1.54) is 32.1 Å². The van der Waals surface area contributed by atoms with E-state index in [1.807, 2.05) is 30.3 Å². The zero-order chi connectivity index (χ0) is 31.4. The number of hydrogen-bond acceptors (Lipinski definition) is 6. The molecule has 3 N–H and O–H groups in total. The molecule has 0 unspecified atom stereocenters. The van der Waals surface area contributed by atoms with Crippen molar-refractivity contribution in [1.29, 1.82) is 0 Å². The zero-order valence-electron chi connectivity index (χ0n) is 26.0. The molecule has 1 amide bonds. The fraction of sp³-hybridized carbons (Fsp3) is 0.459. The van der Waals surface area contributed by atoms with E-state index in [0.717, 1.165) is 59.4 Å². The lowest BCUT2D eigenvalue weighted by atomic mass is 9.98. The van der Waals surface area contributed by atoms with Crippen LogP contribution in [0.25, 0.3) is 11.1 Å². The lowest BCUT2D eigenvalue weighted by Gasteiger charge is -2.39. The molecule has 0 aliphatic carbocycles. The summed E-state index contributed by atoms with van der Waals surface area (Å²) >= 11 is 0. The van der Waals surface area contributed by atoms with Crippen molar-refractivity contribution in [2.75, 3.05) is 19.6 Å². The van der Waals surface area contributed by atoms with Gasteiger partial charge >= 0.3 is 5.97 Å². The highest BCUT2D eigenvalue weighted by atomic mass is 16.7. The minimum Gasteiger partial charge on any atom is -0.481 e. The average molecular weight is 615 g/mol. The molecule has 0 saturated carbocycles. The summed E-state index contributed by atoms with van der Waals surface area (Å²) in [5.74, 6) is -1.04.